The molecule has 0 aromatic heterocycles. The summed E-state index contributed by atoms with van der Waals surface area (Å²) in [6.07, 6.45) is 3.85. The molecule has 0 aliphatic carbocycles. The van der Waals surface area contributed by atoms with E-state index in [1.165, 1.54) is 37.9 Å². The second-order valence-corrected chi connectivity index (χ2v) is 6.22. The summed E-state index contributed by atoms with van der Waals surface area (Å²) in [5, 5.41) is 0. The lowest BCUT2D eigenvalue weighted by Gasteiger charge is -2.44. The van der Waals surface area contributed by atoms with E-state index in [-0.39, 0.29) is 0 Å². The van der Waals surface area contributed by atoms with E-state index in [1.807, 2.05) is 0 Å². The van der Waals surface area contributed by atoms with Gasteiger partial charge >= 0.3 is 0 Å². The lowest BCUT2D eigenvalue weighted by Crippen LogP contribution is -2.55. The first-order valence-electron chi connectivity index (χ1n) is 7.80. The zero-order chi connectivity index (χ0) is 14.8. The van der Waals surface area contributed by atoms with E-state index in [2.05, 4.69) is 9.80 Å². The molecule has 116 valence electrons. The molecule has 3 nitrogen and oxygen atoms in total. The maximum atomic E-state index is 13.8. The Bertz CT molecular complexity index is 494. The first-order chi connectivity index (χ1) is 10.1. The van der Waals surface area contributed by atoms with Crippen LogP contribution in [0.5, 0.6) is 0 Å². The molecule has 2 aliphatic rings. The molecule has 3 rings (SSSR count). The molecule has 1 aromatic carbocycles. The minimum absolute atomic E-state index is 0.402. The summed E-state index contributed by atoms with van der Waals surface area (Å²) in [5.41, 5.74) is 6.53. The molecule has 2 saturated heterocycles. The Hall–Kier alpha value is -1.04. The van der Waals surface area contributed by atoms with Gasteiger partial charge in [-0.25, -0.2) is 8.78 Å². The van der Waals surface area contributed by atoms with Gasteiger partial charge in [0.1, 0.15) is 11.6 Å². The molecule has 1 aromatic rings. The quantitative estimate of drug-likeness (QED) is 0.927. The molecule has 2 N–H and O–H groups in total. The summed E-state index contributed by atoms with van der Waals surface area (Å²) in [5.74, 6) is -1.10. The fraction of sp³-hybridized carbons (Fsp3) is 0.625. The van der Waals surface area contributed by atoms with Gasteiger partial charge in [0.25, 0.3) is 0 Å². The Morgan fingerprint density at radius 1 is 1.19 bits per heavy atom. The first-order valence-corrected chi connectivity index (χ1v) is 7.80. The molecule has 2 aliphatic heterocycles. The van der Waals surface area contributed by atoms with Gasteiger partial charge in [-0.05, 0) is 25.5 Å². The maximum absolute atomic E-state index is 13.8. The van der Waals surface area contributed by atoms with Crippen molar-refractivity contribution in [2.75, 3.05) is 32.7 Å². The maximum Gasteiger partial charge on any atom is 0.130 e. The van der Waals surface area contributed by atoms with Crippen LogP contribution in [0.15, 0.2) is 18.2 Å². The largest absolute Gasteiger partial charge is 0.323 e. The van der Waals surface area contributed by atoms with Gasteiger partial charge in [0.2, 0.25) is 0 Å². The van der Waals surface area contributed by atoms with Crippen molar-refractivity contribution in [1.29, 1.82) is 0 Å². The minimum Gasteiger partial charge on any atom is -0.323 e. The number of hydrogen-bond donors (Lipinski definition) is 1. The third-order valence-electron chi connectivity index (χ3n) is 4.74. The lowest BCUT2D eigenvalue weighted by molar-refractivity contribution is 0.0465. The molecule has 2 unspecified atom stereocenters. The van der Waals surface area contributed by atoms with Crippen LogP contribution in [-0.2, 0) is 0 Å². The number of nitrogens with zero attached hydrogens (tertiary/aromatic N) is 2. The number of halogens is 2. The fourth-order valence-corrected chi connectivity index (χ4v) is 3.56. The number of hydrogen-bond acceptors (Lipinski definition) is 3. The number of rotatable bonds is 3. The smallest absolute Gasteiger partial charge is 0.130 e. The van der Waals surface area contributed by atoms with Crippen LogP contribution in [0.2, 0.25) is 0 Å². The van der Waals surface area contributed by atoms with Crippen LogP contribution >= 0.6 is 0 Å². The van der Waals surface area contributed by atoms with Crippen molar-refractivity contribution in [3.05, 3.63) is 35.4 Å². The lowest BCUT2D eigenvalue weighted by atomic mass is 9.98. The molecule has 0 amide bonds. The van der Waals surface area contributed by atoms with Gasteiger partial charge in [0, 0.05) is 49.9 Å². The minimum atomic E-state index is -0.556. The monoisotopic (exact) mass is 295 g/mol. The van der Waals surface area contributed by atoms with Gasteiger partial charge in [-0.1, -0.05) is 12.5 Å². The van der Waals surface area contributed by atoms with Crippen molar-refractivity contribution >= 4 is 0 Å². The Kier molecular flexibility index (Phi) is 4.52. The van der Waals surface area contributed by atoms with Crippen molar-refractivity contribution in [3.8, 4) is 0 Å². The van der Waals surface area contributed by atoms with Crippen LogP contribution in [0, 0.1) is 11.6 Å². The molecule has 2 heterocycles. The van der Waals surface area contributed by atoms with E-state index in [4.69, 9.17) is 5.73 Å². The Labute approximate surface area is 124 Å². The predicted octanol–water partition coefficient (Wildman–Crippen LogP) is 2.13. The Balaban J connectivity index is 1.61. The standard InChI is InChI=1S/C16H23F2N3/c17-12-4-5-14(15(18)9-12)16(19)11-20-7-8-21-6-2-1-3-13(21)10-20/h4-5,9,13,16H,1-3,6-8,10-11,19H2. The van der Waals surface area contributed by atoms with Crippen LogP contribution in [-0.4, -0.2) is 48.6 Å². The van der Waals surface area contributed by atoms with Crippen molar-refractivity contribution in [2.45, 2.75) is 31.3 Å². The predicted molar refractivity (Wildman–Crippen MR) is 78.9 cm³/mol. The highest BCUT2D eigenvalue weighted by Crippen LogP contribution is 2.23. The van der Waals surface area contributed by atoms with Gasteiger partial charge in [-0.15, -0.1) is 0 Å². The number of benzene rings is 1. The summed E-state index contributed by atoms with van der Waals surface area (Å²) in [4.78, 5) is 4.88. The molecular formula is C16H23F2N3. The molecule has 0 bridgehead atoms. The molecule has 2 fully saturated rings. The van der Waals surface area contributed by atoms with Crippen LogP contribution < -0.4 is 5.73 Å². The van der Waals surface area contributed by atoms with E-state index < -0.39 is 17.7 Å². The van der Waals surface area contributed by atoms with Crippen LogP contribution in [0.25, 0.3) is 0 Å². The van der Waals surface area contributed by atoms with Crippen LogP contribution in [0.4, 0.5) is 8.78 Å². The summed E-state index contributed by atoms with van der Waals surface area (Å²) in [6.45, 7) is 4.90. The highest BCUT2D eigenvalue weighted by atomic mass is 19.1. The van der Waals surface area contributed by atoms with E-state index in [9.17, 15) is 8.78 Å². The second kappa shape index (κ2) is 6.38. The molecule has 0 spiro atoms. The summed E-state index contributed by atoms with van der Waals surface area (Å²) in [7, 11) is 0. The summed E-state index contributed by atoms with van der Waals surface area (Å²) < 4.78 is 26.7. The topological polar surface area (TPSA) is 32.5 Å². The first kappa shape index (κ1) is 14.9. The average Bonchev–Trinajstić information content (AvgIpc) is 2.47. The third-order valence-corrected chi connectivity index (χ3v) is 4.74. The van der Waals surface area contributed by atoms with E-state index in [0.29, 0.717) is 18.2 Å². The van der Waals surface area contributed by atoms with E-state index >= 15 is 0 Å². The van der Waals surface area contributed by atoms with Crippen LogP contribution in [0.3, 0.4) is 0 Å². The Morgan fingerprint density at radius 3 is 2.86 bits per heavy atom. The van der Waals surface area contributed by atoms with Crippen molar-refractivity contribution < 1.29 is 8.78 Å². The van der Waals surface area contributed by atoms with Crippen molar-refractivity contribution in [1.82, 2.24) is 9.80 Å². The zero-order valence-electron chi connectivity index (χ0n) is 12.3. The number of piperidine rings is 1. The molecule has 0 radical (unpaired) electrons. The zero-order valence-corrected chi connectivity index (χ0v) is 12.3. The summed E-state index contributed by atoms with van der Waals surface area (Å²) >= 11 is 0. The molecule has 2 atom stereocenters. The van der Waals surface area contributed by atoms with Crippen LogP contribution in [0.1, 0.15) is 30.9 Å². The van der Waals surface area contributed by atoms with Gasteiger partial charge in [0.15, 0.2) is 0 Å². The van der Waals surface area contributed by atoms with Gasteiger partial charge in [0.05, 0.1) is 0 Å². The second-order valence-electron chi connectivity index (χ2n) is 6.22. The van der Waals surface area contributed by atoms with Gasteiger partial charge in [-0.3, -0.25) is 9.80 Å². The number of nitrogens with two attached hydrogens (primary N) is 1. The SMILES string of the molecule is NC(CN1CCN2CCCCC2C1)c1ccc(F)cc1F. The number of fused-ring (bicyclic) bond motifs is 1. The average molecular weight is 295 g/mol. The van der Waals surface area contributed by atoms with E-state index in [0.717, 1.165) is 25.7 Å². The van der Waals surface area contributed by atoms with Crippen molar-refractivity contribution in [3.63, 3.8) is 0 Å². The molecule has 21 heavy (non-hydrogen) atoms. The Morgan fingerprint density at radius 2 is 2.05 bits per heavy atom. The summed E-state index contributed by atoms with van der Waals surface area (Å²) in [6, 6.07) is 3.87. The van der Waals surface area contributed by atoms with Crippen molar-refractivity contribution in [2.24, 2.45) is 5.73 Å². The molecular weight excluding hydrogens is 272 g/mol. The number of piperazine rings is 1. The highest BCUT2D eigenvalue weighted by molar-refractivity contribution is 5.22. The third kappa shape index (κ3) is 3.42. The molecule has 0 saturated carbocycles. The fourth-order valence-electron chi connectivity index (χ4n) is 3.56. The van der Waals surface area contributed by atoms with Gasteiger partial charge < -0.3 is 5.73 Å². The normalized spacial score (nSPS) is 25.6. The highest BCUT2D eigenvalue weighted by Gasteiger charge is 2.29. The van der Waals surface area contributed by atoms with Gasteiger partial charge in [-0.2, -0.15) is 0 Å². The van der Waals surface area contributed by atoms with E-state index in [1.54, 1.807) is 0 Å². The molecule has 5 heteroatoms.